The Morgan fingerprint density at radius 3 is 2.29 bits per heavy atom. The quantitative estimate of drug-likeness (QED) is 0.572. The average molecular weight is 193 g/mol. The van der Waals surface area contributed by atoms with E-state index in [0.717, 1.165) is 0 Å². The van der Waals surface area contributed by atoms with Crippen molar-refractivity contribution in [1.29, 1.82) is 5.26 Å². The van der Waals surface area contributed by atoms with Crippen LogP contribution < -0.4 is 0 Å². The van der Waals surface area contributed by atoms with Crippen molar-refractivity contribution in [2.24, 2.45) is 5.41 Å². The van der Waals surface area contributed by atoms with Gasteiger partial charge in [0.25, 0.3) is 0 Å². The van der Waals surface area contributed by atoms with Gasteiger partial charge in [0.05, 0.1) is 6.07 Å². The van der Waals surface area contributed by atoms with Gasteiger partial charge in [0.15, 0.2) is 0 Å². The van der Waals surface area contributed by atoms with E-state index in [1.54, 1.807) is 6.08 Å². The monoisotopic (exact) mass is 193 g/mol. The number of nitriles is 1. The van der Waals surface area contributed by atoms with Crippen LogP contribution in [0.15, 0.2) is 35.7 Å². The highest BCUT2D eigenvalue weighted by molar-refractivity contribution is 5.40. The maximum atomic E-state index is 12.9. The summed E-state index contributed by atoms with van der Waals surface area (Å²) in [5.41, 5.74) is 0.127. The second-order valence-corrected chi connectivity index (χ2v) is 3.40. The van der Waals surface area contributed by atoms with Crippen molar-refractivity contribution in [3.8, 4) is 6.07 Å². The second kappa shape index (κ2) is 5.39. The smallest absolute Gasteiger partial charge is 0.120 e. The maximum Gasteiger partial charge on any atom is 0.120 e. The van der Waals surface area contributed by atoms with Gasteiger partial charge in [0.1, 0.15) is 5.83 Å². The van der Waals surface area contributed by atoms with Crippen molar-refractivity contribution < 1.29 is 4.39 Å². The first-order valence-corrected chi connectivity index (χ1v) is 4.73. The van der Waals surface area contributed by atoms with Crippen molar-refractivity contribution >= 4 is 0 Å². The van der Waals surface area contributed by atoms with E-state index in [4.69, 9.17) is 5.26 Å². The van der Waals surface area contributed by atoms with Crippen LogP contribution in [0.4, 0.5) is 4.39 Å². The summed E-state index contributed by atoms with van der Waals surface area (Å²) in [7, 11) is 0. The molecule has 2 heteroatoms. The van der Waals surface area contributed by atoms with E-state index in [1.807, 2.05) is 33.8 Å². The molecule has 0 radical (unpaired) electrons. The zero-order chi connectivity index (χ0) is 11.2. The number of hydrogen-bond acceptors (Lipinski definition) is 1. The van der Waals surface area contributed by atoms with E-state index in [0.29, 0.717) is 5.57 Å². The normalized spacial score (nSPS) is 18.0. The topological polar surface area (TPSA) is 23.8 Å². The molecule has 0 unspecified atom stereocenters. The van der Waals surface area contributed by atoms with Crippen LogP contribution >= 0.6 is 0 Å². The summed E-state index contributed by atoms with van der Waals surface area (Å²) in [5, 5.41) is 8.62. The Kier molecular flexibility index (Phi) is 4.86. The van der Waals surface area contributed by atoms with E-state index >= 15 is 0 Å². The summed E-state index contributed by atoms with van der Waals surface area (Å²) in [6.45, 7) is 7.72. The van der Waals surface area contributed by atoms with Gasteiger partial charge in [-0.3, -0.25) is 0 Å². The molecule has 0 saturated heterocycles. The van der Waals surface area contributed by atoms with Crippen LogP contribution in [0.25, 0.3) is 0 Å². The van der Waals surface area contributed by atoms with Crippen LogP contribution in [-0.4, -0.2) is 0 Å². The standard InChI is InChI=1S/C10H10FN.C2H6/c1-10(2)5-8(7-12)3-4-9(11)6-10;1-2/h3-6H,1-2H3;1-2H3. The van der Waals surface area contributed by atoms with Crippen LogP contribution in [-0.2, 0) is 0 Å². The first-order valence-electron chi connectivity index (χ1n) is 4.73. The Morgan fingerprint density at radius 2 is 1.79 bits per heavy atom. The summed E-state index contributed by atoms with van der Waals surface area (Å²) in [6.07, 6.45) is 6.04. The summed E-state index contributed by atoms with van der Waals surface area (Å²) in [6, 6.07) is 1.99. The van der Waals surface area contributed by atoms with Gasteiger partial charge in [-0.1, -0.05) is 33.8 Å². The minimum Gasteiger partial charge on any atom is -0.207 e. The zero-order valence-electron chi connectivity index (χ0n) is 9.13. The van der Waals surface area contributed by atoms with Crippen LogP contribution in [0.3, 0.4) is 0 Å². The van der Waals surface area contributed by atoms with Gasteiger partial charge in [-0.25, -0.2) is 4.39 Å². The van der Waals surface area contributed by atoms with Gasteiger partial charge in [-0.15, -0.1) is 0 Å². The zero-order valence-corrected chi connectivity index (χ0v) is 9.13. The van der Waals surface area contributed by atoms with E-state index in [1.165, 1.54) is 18.2 Å². The molecule has 1 nitrogen and oxygen atoms in total. The molecule has 1 aliphatic rings. The summed E-state index contributed by atoms with van der Waals surface area (Å²) >= 11 is 0. The molecule has 76 valence electrons. The molecule has 0 amide bonds. The lowest BCUT2D eigenvalue weighted by Crippen LogP contribution is -2.02. The first kappa shape index (κ1) is 12.6. The fraction of sp³-hybridized carbons (Fsp3) is 0.417. The Morgan fingerprint density at radius 1 is 1.21 bits per heavy atom. The fourth-order valence-electron chi connectivity index (χ4n) is 1.13. The van der Waals surface area contributed by atoms with Crippen LogP contribution in [0.5, 0.6) is 0 Å². The van der Waals surface area contributed by atoms with Crippen molar-refractivity contribution in [3.05, 3.63) is 35.7 Å². The van der Waals surface area contributed by atoms with Crippen LogP contribution in [0, 0.1) is 16.7 Å². The van der Waals surface area contributed by atoms with Crippen molar-refractivity contribution in [2.45, 2.75) is 27.7 Å². The van der Waals surface area contributed by atoms with Crippen LogP contribution in [0.1, 0.15) is 27.7 Å². The van der Waals surface area contributed by atoms with Crippen molar-refractivity contribution in [3.63, 3.8) is 0 Å². The third kappa shape index (κ3) is 4.04. The number of nitrogens with zero attached hydrogens (tertiary/aromatic N) is 1. The maximum absolute atomic E-state index is 12.9. The molecule has 0 atom stereocenters. The lowest BCUT2D eigenvalue weighted by molar-refractivity contribution is 0.580. The molecular weight excluding hydrogens is 177 g/mol. The molecule has 0 aromatic rings. The molecule has 0 N–H and O–H groups in total. The van der Waals surface area contributed by atoms with Crippen LogP contribution in [0.2, 0.25) is 0 Å². The molecule has 1 rings (SSSR count). The van der Waals surface area contributed by atoms with E-state index in [2.05, 4.69) is 0 Å². The number of allylic oxidation sites excluding steroid dienone is 6. The molecule has 0 spiro atoms. The molecule has 14 heavy (non-hydrogen) atoms. The van der Waals surface area contributed by atoms with Gasteiger partial charge < -0.3 is 0 Å². The minimum absolute atomic E-state index is 0.290. The molecular formula is C12H16FN. The predicted molar refractivity (Wildman–Crippen MR) is 57.2 cm³/mol. The molecule has 0 fully saturated rings. The molecule has 0 aromatic carbocycles. The van der Waals surface area contributed by atoms with E-state index in [9.17, 15) is 4.39 Å². The molecule has 0 bridgehead atoms. The van der Waals surface area contributed by atoms with Gasteiger partial charge in [0, 0.05) is 11.0 Å². The summed E-state index contributed by atoms with van der Waals surface area (Å²) in [5.74, 6) is -0.290. The SMILES string of the molecule is CC.CC1(C)C=C(F)C=CC(C#N)=C1. The number of hydrogen-bond donors (Lipinski definition) is 0. The van der Waals surface area contributed by atoms with Crippen molar-refractivity contribution in [1.82, 2.24) is 0 Å². The van der Waals surface area contributed by atoms with Crippen molar-refractivity contribution in [2.75, 3.05) is 0 Å². The minimum atomic E-state index is -0.376. The summed E-state index contributed by atoms with van der Waals surface area (Å²) < 4.78 is 12.9. The highest BCUT2D eigenvalue weighted by Crippen LogP contribution is 2.26. The average Bonchev–Trinajstić information content (AvgIpc) is 2.26. The fourth-order valence-corrected chi connectivity index (χ4v) is 1.13. The Hall–Kier alpha value is -1.36. The Labute approximate surface area is 85.2 Å². The number of halogens is 1. The highest BCUT2D eigenvalue weighted by atomic mass is 19.1. The van der Waals surface area contributed by atoms with E-state index < -0.39 is 0 Å². The second-order valence-electron chi connectivity index (χ2n) is 3.40. The first-order chi connectivity index (χ1) is 6.53. The van der Waals surface area contributed by atoms with E-state index in [-0.39, 0.29) is 11.2 Å². The molecule has 0 aliphatic heterocycles. The molecule has 1 aliphatic carbocycles. The Balaban J connectivity index is 0.000000791. The number of rotatable bonds is 0. The van der Waals surface area contributed by atoms with Gasteiger partial charge in [-0.05, 0) is 18.2 Å². The van der Waals surface area contributed by atoms with Gasteiger partial charge >= 0.3 is 0 Å². The molecule has 0 heterocycles. The summed E-state index contributed by atoms with van der Waals surface area (Å²) in [4.78, 5) is 0. The van der Waals surface area contributed by atoms with Gasteiger partial charge in [-0.2, -0.15) is 5.26 Å². The predicted octanol–water partition coefficient (Wildman–Crippen LogP) is 3.91. The van der Waals surface area contributed by atoms with Gasteiger partial charge in [0.2, 0.25) is 0 Å². The lowest BCUT2D eigenvalue weighted by Gasteiger charge is -2.13. The molecule has 0 aromatic heterocycles. The molecule has 0 saturated carbocycles. The third-order valence-corrected chi connectivity index (χ3v) is 1.59. The lowest BCUT2D eigenvalue weighted by atomic mass is 9.91. The Bertz CT molecular complexity index is 314. The third-order valence-electron chi connectivity index (χ3n) is 1.59. The highest BCUT2D eigenvalue weighted by Gasteiger charge is 2.15. The largest absolute Gasteiger partial charge is 0.207 e.